The summed E-state index contributed by atoms with van der Waals surface area (Å²) in [7, 11) is 0. The number of para-hydroxylation sites is 1. The second-order valence-corrected chi connectivity index (χ2v) is 8.10. The van der Waals surface area contributed by atoms with Crippen molar-refractivity contribution in [1.29, 1.82) is 0 Å². The molecule has 4 rings (SSSR count). The molecular weight excluding hydrogens is 429 g/mol. The summed E-state index contributed by atoms with van der Waals surface area (Å²) in [6, 6.07) is 8.46. The molecule has 0 saturated heterocycles. The van der Waals surface area contributed by atoms with Crippen molar-refractivity contribution in [2.75, 3.05) is 5.32 Å². The zero-order valence-corrected chi connectivity index (χ0v) is 17.5. The maximum atomic E-state index is 13.9. The van der Waals surface area contributed by atoms with E-state index in [-0.39, 0.29) is 23.4 Å². The third-order valence-corrected chi connectivity index (χ3v) is 6.24. The Morgan fingerprint density at radius 2 is 1.69 bits per heavy atom. The fraction of sp³-hybridized carbons (Fsp3) is 0.304. The molecule has 1 amide bonds. The van der Waals surface area contributed by atoms with E-state index in [4.69, 9.17) is 0 Å². The third kappa shape index (κ3) is 3.65. The van der Waals surface area contributed by atoms with Gasteiger partial charge in [-0.1, -0.05) is 26.0 Å². The van der Waals surface area contributed by atoms with E-state index in [9.17, 15) is 26.7 Å². The van der Waals surface area contributed by atoms with E-state index in [1.807, 2.05) is 13.8 Å². The minimum Gasteiger partial charge on any atom is -0.317 e. The minimum absolute atomic E-state index is 0.0988. The van der Waals surface area contributed by atoms with Crippen LogP contribution in [-0.2, 0) is 6.18 Å². The van der Waals surface area contributed by atoms with Gasteiger partial charge in [0, 0.05) is 11.1 Å². The Bertz CT molecular complexity index is 1180. The lowest BCUT2D eigenvalue weighted by atomic mass is 9.83. The van der Waals surface area contributed by atoms with E-state index in [2.05, 4.69) is 10.4 Å². The van der Waals surface area contributed by atoms with Crippen molar-refractivity contribution in [3.63, 3.8) is 0 Å². The topological polar surface area (TPSA) is 46.9 Å². The first-order chi connectivity index (χ1) is 15.0. The van der Waals surface area contributed by atoms with Gasteiger partial charge in [-0.05, 0) is 54.7 Å². The number of carbonyl (C=O) groups excluding carboxylic acids is 1. The molecule has 1 aliphatic rings. The summed E-state index contributed by atoms with van der Waals surface area (Å²) in [5.41, 5.74) is 0.105. The van der Waals surface area contributed by atoms with Crippen LogP contribution in [0.5, 0.6) is 0 Å². The second kappa shape index (κ2) is 7.72. The number of nitrogens with one attached hydrogen (secondary N) is 1. The van der Waals surface area contributed by atoms with E-state index in [0.29, 0.717) is 16.8 Å². The molecule has 0 radical (unpaired) electrons. The zero-order chi connectivity index (χ0) is 23.4. The minimum atomic E-state index is -4.59. The molecule has 0 aliphatic carbocycles. The highest BCUT2D eigenvalue weighted by Gasteiger charge is 2.38. The number of benzene rings is 2. The van der Waals surface area contributed by atoms with Gasteiger partial charge in [0.15, 0.2) is 5.69 Å². The van der Waals surface area contributed by atoms with Crippen LogP contribution in [0.4, 0.5) is 27.6 Å². The Morgan fingerprint density at radius 1 is 1.03 bits per heavy atom. The van der Waals surface area contributed by atoms with Gasteiger partial charge < -0.3 is 5.32 Å². The number of alkyl halides is 3. The van der Waals surface area contributed by atoms with Crippen LogP contribution in [0.2, 0.25) is 0 Å². The van der Waals surface area contributed by atoms with Gasteiger partial charge in [0.05, 0.1) is 11.7 Å². The van der Waals surface area contributed by atoms with Crippen molar-refractivity contribution in [2.45, 2.75) is 38.9 Å². The number of hydrogen-bond acceptors (Lipinski definition) is 2. The number of fused-ring (bicyclic) bond motifs is 3. The number of rotatable bonds is 2. The average molecular weight is 449 g/mol. The van der Waals surface area contributed by atoms with Crippen molar-refractivity contribution in [3.05, 3.63) is 70.9 Å². The number of aromatic nitrogens is 2. The van der Waals surface area contributed by atoms with Crippen LogP contribution in [0, 0.1) is 17.6 Å². The second-order valence-electron chi connectivity index (χ2n) is 8.10. The molecule has 9 heteroatoms. The molecule has 168 valence electrons. The molecule has 2 aromatic carbocycles. The fourth-order valence-corrected chi connectivity index (χ4v) is 4.09. The molecule has 1 aliphatic heterocycles. The summed E-state index contributed by atoms with van der Waals surface area (Å²) in [4.78, 5) is 12.7. The Balaban J connectivity index is 1.79. The molecule has 0 fully saturated rings. The summed E-state index contributed by atoms with van der Waals surface area (Å²) >= 11 is 0. The van der Waals surface area contributed by atoms with Crippen molar-refractivity contribution < 1.29 is 26.7 Å². The van der Waals surface area contributed by atoms with Gasteiger partial charge in [-0.3, -0.25) is 9.48 Å². The third-order valence-electron chi connectivity index (χ3n) is 6.24. The van der Waals surface area contributed by atoms with Gasteiger partial charge in [-0.2, -0.15) is 18.3 Å². The molecule has 4 nitrogen and oxygen atoms in total. The highest BCUT2D eigenvalue weighted by atomic mass is 19.4. The van der Waals surface area contributed by atoms with E-state index in [1.165, 1.54) is 16.8 Å². The summed E-state index contributed by atoms with van der Waals surface area (Å²) in [5, 5.41) is 6.05. The fourth-order valence-electron chi connectivity index (χ4n) is 4.09. The highest BCUT2D eigenvalue weighted by Crippen LogP contribution is 2.44. The summed E-state index contributed by atoms with van der Waals surface area (Å²) in [6.07, 6.45) is -4.59. The molecule has 32 heavy (non-hydrogen) atoms. The van der Waals surface area contributed by atoms with E-state index in [1.54, 1.807) is 19.1 Å². The molecule has 2 heterocycles. The van der Waals surface area contributed by atoms with E-state index < -0.39 is 35.1 Å². The first kappa shape index (κ1) is 22.0. The maximum Gasteiger partial charge on any atom is 0.435 e. The van der Waals surface area contributed by atoms with Crippen LogP contribution in [0.3, 0.4) is 0 Å². The normalized spacial score (nSPS) is 20.3. The average Bonchev–Trinajstić information content (AvgIpc) is 3.17. The smallest absolute Gasteiger partial charge is 0.317 e. The van der Waals surface area contributed by atoms with Crippen LogP contribution in [-0.4, -0.2) is 15.7 Å². The highest BCUT2D eigenvalue weighted by molar-refractivity contribution is 6.05. The van der Waals surface area contributed by atoms with Gasteiger partial charge in [-0.25, -0.2) is 8.78 Å². The van der Waals surface area contributed by atoms with E-state index in [0.717, 1.165) is 18.2 Å². The van der Waals surface area contributed by atoms with Crippen LogP contribution in [0.1, 0.15) is 54.3 Å². The number of carbonyl (C=O) groups is 1. The van der Waals surface area contributed by atoms with Gasteiger partial charge in [0.1, 0.15) is 17.3 Å². The van der Waals surface area contributed by atoms with Crippen molar-refractivity contribution >= 4 is 11.6 Å². The molecule has 3 aromatic rings. The number of hydrogen-bond donors (Lipinski definition) is 1. The lowest BCUT2D eigenvalue weighted by molar-refractivity contribution is -0.141. The predicted molar refractivity (Wildman–Crippen MR) is 109 cm³/mol. The Morgan fingerprint density at radius 3 is 2.31 bits per heavy atom. The first-order valence-corrected chi connectivity index (χ1v) is 10.1. The summed E-state index contributed by atoms with van der Waals surface area (Å²) in [5.74, 6) is -2.76. The Labute approximate surface area is 181 Å². The number of halogens is 5. The van der Waals surface area contributed by atoms with Crippen LogP contribution >= 0.6 is 0 Å². The monoisotopic (exact) mass is 449 g/mol. The summed E-state index contributed by atoms with van der Waals surface area (Å²) in [6.45, 7) is 5.64. The predicted octanol–water partition coefficient (Wildman–Crippen LogP) is 6.41. The Hall–Kier alpha value is -3.23. The number of anilines is 1. The molecule has 0 bridgehead atoms. The van der Waals surface area contributed by atoms with Gasteiger partial charge in [0.2, 0.25) is 0 Å². The van der Waals surface area contributed by atoms with Crippen LogP contribution in [0.15, 0.2) is 42.5 Å². The van der Waals surface area contributed by atoms with Gasteiger partial charge in [0.25, 0.3) is 5.91 Å². The van der Waals surface area contributed by atoms with Crippen molar-refractivity contribution in [1.82, 2.24) is 9.78 Å². The lowest BCUT2D eigenvalue weighted by Gasteiger charge is -2.25. The standard InChI is InChI=1S/C23H20F5N3O/c1-11-12(2)16-9-14(22(32)29-21-17(24)5-4-6-18(21)25)7-8-15(16)19-10-20(23(26,27)28)30-31(19)13(11)3/h4-13H,1-3H3,(H,29,32). The molecular formula is C23H20F5N3O. The van der Waals surface area contributed by atoms with Gasteiger partial charge >= 0.3 is 6.18 Å². The zero-order valence-electron chi connectivity index (χ0n) is 17.5. The molecule has 1 aromatic heterocycles. The first-order valence-electron chi connectivity index (χ1n) is 10.1. The Kier molecular flexibility index (Phi) is 5.30. The maximum absolute atomic E-state index is 13.9. The summed E-state index contributed by atoms with van der Waals surface area (Å²) < 4.78 is 69.1. The quantitative estimate of drug-likeness (QED) is 0.460. The lowest BCUT2D eigenvalue weighted by Crippen LogP contribution is -2.19. The molecule has 0 saturated carbocycles. The number of amides is 1. The molecule has 0 spiro atoms. The van der Waals surface area contributed by atoms with Gasteiger partial charge in [-0.15, -0.1) is 0 Å². The largest absolute Gasteiger partial charge is 0.435 e. The van der Waals surface area contributed by atoms with Crippen LogP contribution < -0.4 is 5.32 Å². The van der Waals surface area contributed by atoms with Crippen LogP contribution in [0.25, 0.3) is 11.3 Å². The SMILES string of the molecule is CC1c2cc(C(=O)Nc3c(F)cccc3F)ccc2-c2cc(C(F)(F)F)nn2C(C)C1C. The van der Waals surface area contributed by atoms with Crippen molar-refractivity contribution in [2.24, 2.45) is 5.92 Å². The molecule has 3 atom stereocenters. The molecule has 1 N–H and O–H groups in total. The number of nitrogens with zero attached hydrogens (tertiary/aromatic N) is 2. The molecule has 3 unspecified atom stereocenters. The van der Waals surface area contributed by atoms with E-state index >= 15 is 0 Å². The van der Waals surface area contributed by atoms with Crippen molar-refractivity contribution in [3.8, 4) is 11.3 Å².